The molecule has 0 aliphatic carbocycles. The second kappa shape index (κ2) is 7.15. The first-order valence-electron chi connectivity index (χ1n) is 8.79. The third kappa shape index (κ3) is 3.35. The Morgan fingerprint density at radius 2 is 1.89 bits per heavy atom. The maximum atomic E-state index is 13.1. The van der Waals surface area contributed by atoms with Gasteiger partial charge in [0.1, 0.15) is 17.1 Å². The Bertz CT molecular complexity index is 998. The van der Waals surface area contributed by atoms with Crippen molar-refractivity contribution in [3.8, 4) is 11.3 Å². The summed E-state index contributed by atoms with van der Waals surface area (Å²) in [7, 11) is 0. The summed E-state index contributed by atoms with van der Waals surface area (Å²) in [6, 6.07) is 9.13. The third-order valence-corrected chi connectivity index (χ3v) is 5.30. The van der Waals surface area contributed by atoms with Crippen LogP contribution in [0.5, 0.6) is 0 Å². The monoisotopic (exact) mass is 427 g/mol. The van der Waals surface area contributed by atoms with Gasteiger partial charge in [-0.15, -0.1) is 0 Å². The van der Waals surface area contributed by atoms with Gasteiger partial charge in [0.25, 0.3) is 5.91 Å². The fourth-order valence-electron chi connectivity index (χ4n) is 3.33. The lowest BCUT2D eigenvalue weighted by Gasteiger charge is -2.13. The first-order valence-corrected chi connectivity index (χ1v) is 9.58. The topological polar surface area (TPSA) is 79.2 Å². The predicted molar refractivity (Wildman–Crippen MR) is 104 cm³/mol. The van der Waals surface area contributed by atoms with Crippen LogP contribution in [0.3, 0.4) is 0 Å². The van der Waals surface area contributed by atoms with Crippen molar-refractivity contribution in [2.24, 2.45) is 0 Å². The molecule has 3 heterocycles. The standard InChI is InChI=1S/C20H18BrN3O3/c1-12-17(18(23-27-12)13-4-6-15(21)7-5-13)19(25)14-10-16(22-11-14)20(26)24-8-2-3-9-24/h4-7,10-11,22H,2-3,8-9H2,1H3. The number of carbonyl (C=O) groups excluding carboxylic acids is 2. The van der Waals surface area contributed by atoms with E-state index in [1.54, 1.807) is 24.1 Å². The minimum atomic E-state index is -0.219. The van der Waals surface area contributed by atoms with Crippen molar-refractivity contribution < 1.29 is 14.1 Å². The summed E-state index contributed by atoms with van der Waals surface area (Å²) in [4.78, 5) is 30.3. The molecule has 0 saturated carbocycles. The van der Waals surface area contributed by atoms with Crippen LogP contribution >= 0.6 is 15.9 Å². The second-order valence-corrected chi connectivity index (χ2v) is 7.52. The first-order chi connectivity index (χ1) is 13.0. The number of ketones is 1. The van der Waals surface area contributed by atoms with E-state index in [0.29, 0.717) is 28.3 Å². The number of carbonyl (C=O) groups is 2. The summed E-state index contributed by atoms with van der Waals surface area (Å²) in [6.45, 7) is 3.24. The summed E-state index contributed by atoms with van der Waals surface area (Å²) >= 11 is 3.40. The maximum Gasteiger partial charge on any atom is 0.270 e. The average molecular weight is 428 g/mol. The Kier molecular flexibility index (Phi) is 4.70. The molecular formula is C20H18BrN3O3. The number of amides is 1. The highest BCUT2D eigenvalue weighted by atomic mass is 79.9. The highest BCUT2D eigenvalue weighted by molar-refractivity contribution is 9.10. The van der Waals surface area contributed by atoms with E-state index < -0.39 is 0 Å². The number of nitrogens with zero attached hydrogens (tertiary/aromatic N) is 2. The molecule has 1 amide bonds. The van der Waals surface area contributed by atoms with Crippen molar-refractivity contribution in [2.45, 2.75) is 19.8 Å². The van der Waals surface area contributed by atoms with E-state index in [1.165, 1.54) is 0 Å². The molecule has 6 nitrogen and oxygen atoms in total. The van der Waals surface area contributed by atoms with Crippen LogP contribution in [0.2, 0.25) is 0 Å². The van der Waals surface area contributed by atoms with Crippen molar-refractivity contribution in [2.75, 3.05) is 13.1 Å². The van der Waals surface area contributed by atoms with Crippen molar-refractivity contribution >= 4 is 27.6 Å². The maximum absolute atomic E-state index is 13.1. The molecule has 27 heavy (non-hydrogen) atoms. The van der Waals surface area contributed by atoms with Gasteiger partial charge >= 0.3 is 0 Å². The quantitative estimate of drug-likeness (QED) is 0.632. The minimum absolute atomic E-state index is 0.0678. The third-order valence-electron chi connectivity index (χ3n) is 4.78. The molecule has 0 atom stereocenters. The van der Waals surface area contributed by atoms with Crippen molar-refractivity contribution in [1.82, 2.24) is 15.0 Å². The van der Waals surface area contributed by atoms with Crippen LogP contribution in [0.15, 0.2) is 45.5 Å². The number of H-pyrrole nitrogens is 1. The molecule has 2 aromatic heterocycles. The fourth-order valence-corrected chi connectivity index (χ4v) is 3.59. The Labute approximate surface area is 164 Å². The summed E-state index contributed by atoms with van der Waals surface area (Å²) in [6.07, 6.45) is 3.62. The molecule has 1 fully saturated rings. The number of aromatic nitrogens is 2. The molecule has 7 heteroatoms. The number of nitrogens with one attached hydrogen (secondary N) is 1. The van der Waals surface area contributed by atoms with Gasteiger partial charge in [0.2, 0.25) is 0 Å². The van der Waals surface area contributed by atoms with Gasteiger partial charge in [-0.25, -0.2) is 0 Å². The minimum Gasteiger partial charge on any atom is -0.360 e. The summed E-state index contributed by atoms with van der Waals surface area (Å²) in [5.74, 6) is 0.164. The number of rotatable bonds is 4. The van der Waals surface area contributed by atoms with E-state index in [0.717, 1.165) is 36.0 Å². The molecule has 4 rings (SSSR count). The van der Waals surface area contributed by atoms with E-state index in [-0.39, 0.29) is 11.7 Å². The van der Waals surface area contributed by atoms with Gasteiger partial charge in [0.15, 0.2) is 5.78 Å². The summed E-state index contributed by atoms with van der Waals surface area (Å²) < 4.78 is 6.23. The van der Waals surface area contributed by atoms with Crippen LogP contribution in [0.25, 0.3) is 11.3 Å². The number of hydrogen-bond donors (Lipinski definition) is 1. The van der Waals surface area contributed by atoms with Crippen molar-refractivity contribution in [3.05, 3.63) is 63.6 Å². The second-order valence-electron chi connectivity index (χ2n) is 6.60. The predicted octanol–water partition coefficient (Wildman–Crippen LogP) is 4.21. The number of aryl methyl sites for hydroxylation is 1. The molecule has 0 unspecified atom stereocenters. The molecule has 1 aliphatic heterocycles. The highest BCUT2D eigenvalue weighted by Crippen LogP contribution is 2.29. The molecule has 3 aromatic rings. The van der Waals surface area contributed by atoms with Crippen LogP contribution in [0, 0.1) is 6.92 Å². The van der Waals surface area contributed by atoms with Crippen molar-refractivity contribution in [3.63, 3.8) is 0 Å². The molecule has 1 N–H and O–H groups in total. The van der Waals surface area contributed by atoms with E-state index in [4.69, 9.17) is 4.52 Å². The Hall–Kier alpha value is -2.67. The molecule has 1 aromatic carbocycles. The van der Waals surface area contributed by atoms with Gasteiger partial charge in [-0.1, -0.05) is 33.2 Å². The van der Waals surface area contributed by atoms with E-state index in [1.807, 2.05) is 24.3 Å². The van der Waals surface area contributed by atoms with Gasteiger partial charge in [0.05, 0.1) is 5.56 Å². The van der Waals surface area contributed by atoms with Gasteiger partial charge < -0.3 is 14.4 Å². The number of hydrogen-bond acceptors (Lipinski definition) is 4. The average Bonchev–Trinajstić information content (AvgIpc) is 3.42. The van der Waals surface area contributed by atoms with E-state index in [9.17, 15) is 9.59 Å². The lowest BCUT2D eigenvalue weighted by atomic mass is 9.99. The fraction of sp³-hybridized carbons (Fsp3) is 0.250. The zero-order valence-corrected chi connectivity index (χ0v) is 16.4. The van der Waals surface area contributed by atoms with Gasteiger partial charge in [-0.3, -0.25) is 9.59 Å². The lowest BCUT2D eigenvalue weighted by Crippen LogP contribution is -2.27. The number of benzene rings is 1. The normalized spacial score (nSPS) is 13.9. The molecule has 0 bridgehead atoms. The molecular weight excluding hydrogens is 410 g/mol. The van der Waals surface area contributed by atoms with Gasteiger partial charge in [-0.05, 0) is 38.0 Å². The molecule has 0 radical (unpaired) electrons. The Morgan fingerprint density at radius 1 is 1.19 bits per heavy atom. The van der Waals surface area contributed by atoms with Gasteiger partial charge in [-0.2, -0.15) is 0 Å². The van der Waals surface area contributed by atoms with Crippen molar-refractivity contribution in [1.29, 1.82) is 0 Å². The summed E-state index contributed by atoms with van der Waals surface area (Å²) in [5.41, 5.74) is 2.55. The van der Waals surface area contributed by atoms with Gasteiger partial charge in [0, 0.05) is 34.9 Å². The SMILES string of the molecule is Cc1onc(-c2ccc(Br)cc2)c1C(=O)c1c[nH]c(C(=O)N2CCCC2)c1. The summed E-state index contributed by atoms with van der Waals surface area (Å²) in [5, 5.41) is 4.07. The van der Waals surface area contributed by atoms with Crippen LogP contribution in [-0.4, -0.2) is 39.8 Å². The van der Waals surface area contributed by atoms with E-state index in [2.05, 4.69) is 26.1 Å². The smallest absolute Gasteiger partial charge is 0.270 e. The Balaban J connectivity index is 1.65. The molecule has 1 saturated heterocycles. The lowest BCUT2D eigenvalue weighted by molar-refractivity contribution is 0.0787. The zero-order chi connectivity index (χ0) is 19.0. The Morgan fingerprint density at radius 3 is 2.59 bits per heavy atom. The highest BCUT2D eigenvalue weighted by Gasteiger charge is 2.26. The molecule has 1 aliphatic rings. The van der Waals surface area contributed by atoms with Crippen LogP contribution in [0.4, 0.5) is 0 Å². The van der Waals surface area contributed by atoms with E-state index >= 15 is 0 Å². The largest absolute Gasteiger partial charge is 0.360 e. The first kappa shape index (κ1) is 17.7. The number of likely N-dealkylation sites (tertiary alicyclic amines) is 1. The van der Waals surface area contributed by atoms with Crippen LogP contribution < -0.4 is 0 Å². The van der Waals surface area contributed by atoms with Crippen LogP contribution in [0.1, 0.15) is 45.0 Å². The number of aromatic amines is 1. The zero-order valence-electron chi connectivity index (χ0n) is 14.8. The van der Waals surface area contributed by atoms with Crippen LogP contribution in [-0.2, 0) is 0 Å². The molecule has 138 valence electrons. The number of halogens is 1. The molecule has 0 spiro atoms.